The molecule has 5 nitrogen and oxygen atoms in total. The van der Waals surface area contributed by atoms with Gasteiger partial charge in [-0.1, -0.05) is 17.3 Å². The van der Waals surface area contributed by atoms with Crippen molar-refractivity contribution in [1.29, 1.82) is 0 Å². The average Bonchev–Trinajstić information content (AvgIpc) is 2.65. The van der Waals surface area contributed by atoms with Gasteiger partial charge in [-0.2, -0.15) is 0 Å². The van der Waals surface area contributed by atoms with Crippen LogP contribution < -0.4 is 5.73 Å². The van der Waals surface area contributed by atoms with Crippen molar-refractivity contribution < 1.29 is 14.7 Å². The molecule has 0 spiro atoms. The molecular weight excluding hydrogens is 208 g/mol. The van der Waals surface area contributed by atoms with Gasteiger partial charge in [0, 0.05) is 17.7 Å². The maximum Gasteiger partial charge on any atom is 0.307 e. The fourth-order valence-corrected chi connectivity index (χ4v) is 1.62. The number of carboxylic acid groups (broad SMARTS) is 1. The summed E-state index contributed by atoms with van der Waals surface area (Å²) in [5.74, 6) is -0.881. The number of oxime groups is 1. The molecule has 2 rings (SSSR count). The second-order valence-corrected chi connectivity index (χ2v) is 3.69. The summed E-state index contributed by atoms with van der Waals surface area (Å²) in [6.45, 7) is 0. The van der Waals surface area contributed by atoms with Gasteiger partial charge < -0.3 is 15.7 Å². The second-order valence-electron chi connectivity index (χ2n) is 3.69. The van der Waals surface area contributed by atoms with E-state index in [0.717, 1.165) is 11.3 Å². The molecular formula is C11H12N2O3. The maximum absolute atomic E-state index is 10.5. The monoisotopic (exact) mass is 220 g/mol. The Hall–Kier alpha value is -2.04. The number of carboxylic acids is 1. The molecule has 1 aliphatic heterocycles. The molecule has 1 aromatic carbocycles. The molecule has 1 heterocycles. The lowest BCUT2D eigenvalue weighted by atomic mass is 10.0. The Bertz CT molecular complexity index is 443. The van der Waals surface area contributed by atoms with Gasteiger partial charge >= 0.3 is 5.97 Å². The van der Waals surface area contributed by atoms with Crippen LogP contribution in [0.3, 0.4) is 0 Å². The summed E-state index contributed by atoms with van der Waals surface area (Å²) in [5.41, 5.74) is 7.94. The Labute approximate surface area is 92.5 Å². The lowest BCUT2D eigenvalue weighted by Crippen LogP contribution is -2.13. The molecule has 1 aliphatic rings. The zero-order valence-corrected chi connectivity index (χ0v) is 8.59. The van der Waals surface area contributed by atoms with Gasteiger partial charge in [0.05, 0.1) is 12.1 Å². The highest BCUT2D eigenvalue weighted by molar-refractivity contribution is 6.02. The molecule has 0 bridgehead atoms. The largest absolute Gasteiger partial charge is 0.481 e. The first kappa shape index (κ1) is 10.5. The Morgan fingerprint density at radius 3 is 3.12 bits per heavy atom. The van der Waals surface area contributed by atoms with Crippen molar-refractivity contribution >= 4 is 17.4 Å². The van der Waals surface area contributed by atoms with E-state index >= 15 is 0 Å². The Morgan fingerprint density at radius 2 is 2.44 bits per heavy atom. The molecule has 84 valence electrons. The smallest absolute Gasteiger partial charge is 0.307 e. The number of hydrogen-bond acceptors (Lipinski definition) is 4. The standard InChI is InChI=1S/C11H12N2O3/c12-8-3-1-2-7(4-8)10-5-9(16-13-10)6-11(14)15/h1-4,9H,5-6,12H2,(H,14,15). The lowest BCUT2D eigenvalue weighted by molar-refractivity contribution is -0.139. The molecule has 1 aromatic rings. The Balaban J connectivity index is 2.06. The lowest BCUT2D eigenvalue weighted by Gasteiger charge is -2.03. The Kier molecular flexibility index (Phi) is 2.76. The van der Waals surface area contributed by atoms with Gasteiger partial charge in [0.1, 0.15) is 6.10 Å². The number of nitrogens with zero attached hydrogens (tertiary/aromatic N) is 1. The van der Waals surface area contributed by atoms with Crippen LogP contribution in [-0.2, 0) is 9.63 Å². The van der Waals surface area contributed by atoms with E-state index in [0.29, 0.717) is 12.1 Å². The molecule has 0 saturated heterocycles. The zero-order valence-electron chi connectivity index (χ0n) is 8.59. The molecule has 16 heavy (non-hydrogen) atoms. The van der Waals surface area contributed by atoms with Crippen LogP contribution in [0.2, 0.25) is 0 Å². The van der Waals surface area contributed by atoms with Crippen LogP contribution in [0.25, 0.3) is 0 Å². The molecule has 1 unspecified atom stereocenters. The molecule has 0 amide bonds. The molecule has 3 N–H and O–H groups in total. The molecule has 5 heteroatoms. The van der Waals surface area contributed by atoms with Crippen molar-refractivity contribution in [1.82, 2.24) is 0 Å². The number of nitrogens with two attached hydrogens (primary N) is 1. The van der Waals surface area contributed by atoms with Crippen molar-refractivity contribution in [3.8, 4) is 0 Å². The average molecular weight is 220 g/mol. The summed E-state index contributed by atoms with van der Waals surface area (Å²) in [6, 6.07) is 7.29. The fourth-order valence-electron chi connectivity index (χ4n) is 1.62. The van der Waals surface area contributed by atoms with Crippen LogP contribution in [0.4, 0.5) is 5.69 Å². The highest BCUT2D eigenvalue weighted by Crippen LogP contribution is 2.20. The molecule has 0 aromatic heterocycles. The van der Waals surface area contributed by atoms with Gasteiger partial charge in [-0.05, 0) is 12.1 Å². The van der Waals surface area contributed by atoms with E-state index < -0.39 is 5.97 Å². The molecule has 0 aliphatic carbocycles. The maximum atomic E-state index is 10.5. The summed E-state index contributed by atoms with van der Waals surface area (Å²) >= 11 is 0. The predicted octanol–water partition coefficient (Wildman–Crippen LogP) is 1.24. The van der Waals surface area contributed by atoms with Crippen molar-refractivity contribution in [2.75, 3.05) is 5.73 Å². The number of benzene rings is 1. The minimum absolute atomic E-state index is 0.0324. The molecule has 1 atom stereocenters. The van der Waals surface area contributed by atoms with Crippen molar-refractivity contribution in [2.45, 2.75) is 18.9 Å². The fraction of sp³-hybridized carbons (Fsp3) is 0.273. The number of carbonyl (C=O) groups is 1. The number of hydrogen-bond donors (Lipinski definition) is 2. The van der Waals surface area contributed by atoms with Crippen molar-refractivity contribution in [3.63, 3.8) is 0 Å². The third kappa shape index (κ3) is 2.31. The summed E-state index contributed by atoms with van der Waals surface area (Å²) in [5, 5.41) is 12.5. The summed E-state index contributed by atoms with van der Waals surface area (Å²) in [6.07, 6.45) is 0.111. The van der Waals surface area contributed by atoms with Crippen LogP contribution in [0, 0.1) is 0 Å². The second kappa shape index (κ2) is 4.22. The summed E-state index contributed by atoms with van der Waals surface area (Å²) in [4.78, 5) is 15.5. The van der Waals surface area contributed by atoms with Crippen LogP contribution in [0.15, 0.2) is 29.4 Å². The van der Waals surface area contributed by atoms with Crippen LogP contribution in [-0.4, -0.2) is 22.9 Å². The van der Waals surface area contributed by atoms with Gasteiger partial charge in [-0.15, -0.1) is 0 Å². The highest BCUT2D eigenvalue weighted by Gasteiger charge is 2.24. The number of nitrogen functional groups attached to an aromatic ring is 1. The van der Waals surface area contributed by atoms with E-state index in [1.807, 2.05) is 12.1 Å². The van der Waals surface area contributed by atoms with E-state index in [4.69, 9.17) is 15.7 Å². The Morgan fingerprint density at radius 1 is 1.62 bits per heavy atom. The van der Waals surface area contributed by atoms with E-state index in [2.05, 4.69) is 5.16 Å². The molecule has 0 fully saturated rings. The van der Waals surface area contributed by atoms with Crippen LogP contribution in [0.1, 0.15) is 18.4 Å². The van der Waals surface area contributed by atoms with E-state index in [1.54, 1.807) is 12.1 Å². The quantitative estimate of drug-likeness (QED) is 0.750. The SMILES string of the molecule is Nc1cccc(C2=NOC(CC(=O)O)C2)c1. The highest BCUT2D eigenvalue weighted by atomic mass is 16.6. The first-order valence-electron chi connectivity index (χ1n) is 4.95. The minimum Gasteiger partial charge on any atom is -0.481 e. The van der Waals surface area contributed by atoms with Gasteiger partial charge in [-0.25, -0.2) is 0 Å². The van der Waals surface area contributed by atoms with E-state index in [1.165, 1.54) is 0 Å². The summed E-state index contributed by atoms with van der Waals surface area (Å²) in [7, 11) is 0. The van der Waals surface area contributed by atoms with Gasteiger partial charge in [0.2, 0.25) is 0 Å². The number of aliphatic carboxylic acids is 1. The van der Waals surface area contributed by atoms with E-state index in [9.17, 15) is 4.79 Å². The normalized spacial score (nSPS) is 19.0. The minimum atomic E-state index is -0.881. The predicted molar refractivity (Wildman–Crippen MR) is 59.1 cm³/mol. The van der Waals surface area contributed by atoms with Gasteiger partial charge in [-0.3, -0.25) is 4.79 Å². The van der Waals surface area contributed by atoms with Crippen LogP contribution in [0.5, 0.6) is 0 Å². The van der Waals surface area contributed by atoms with Crippen molar-refractivity contribution in [3.05, 3.63) is 29.8 Å². The third-order valence-electron chi connectivity index (χ3n) is 2.36. The van der Waals surface area contributed by atoms with Gasteiger partial charge in [0.15, 0.2) is 0 Å². The third-order valence-corrected chi connectivity index (χ3v) is 2.36. The zero-order chi connectivity index (χ0) is 11.5. The number of rotatable bonds is 3. The summed E-state index contributed by atoms with van der Waals surface area (Å²) < 4.78 is 0. The topological polar surface area (TPSA) is 84.9 Å². The van der Waals surface area contributed by atoms with Crippen LogP contribution >= 0.6 is 0 Å². The molecule has 0 saturated carbocycles. The van der Waals surface area contributed by atoms with Crippen molar-refractivity contribution in [2.24, 2.45) is 5.16 Å². The first-order valence-corrected chi connectivity index (χ1v) is 4.95. The van der Waals surface area contributed by atoms with E-state index in [-0.39, 0.29) is 12.5 Å². The van der Waals surface area contributed by atoms with Gasteiger partial charge in [0.25, 0.3) is 0 Å². The number of anilines is 1. The molecule has 0 radical (unpaired) electrons. The first-order chi connectivity index (χ1) is 7.65.